The van der Waals surface area contributed by atoms with E-state index in [1.165, 1.54) is 11.8 Å². The highest BCUT2D eigenvalue weighted by Gasteiger charge is 2.13. The number of carbonyl (C=O) groups is 2. The molecule has 0 aromatic heterocycles. The maximum atomic E-state index is 11.9. The van der Waals surface area contributed by atoms with E-state index in [-0.39, 0.29) is 29.9 Å². The van der Waals surface area contributed by atoms with E-state index in [1.807, 2.05) is 0 Å². The first-order chi connectivity index (χ1) is 11.5. The molecule has 0 bridgehead atoms. The zero-order valence-electron chi connectivity index (χ0n) is 14.3. The predicted molar refractivity (Wildman–Crippen MR) is 91.9 cm³/mol. The van der Waals surface area contributed by atoms with E-state index in [1.54, 1.807) is 40.4 Å². The summed E-state index contributed by atoms with van der Waals surface area (Å²) in [4.78, 5) is 23.1. The fourth-order valence-corrected chi connectivity index (χ4v) is 2.54. The van der Waals surface area contributed by atoms with Gasteiger partial charge in [-0.2, -0.15) is 0 Å². The SMILES string of the molecule is CCOC(=O)CSCC(=O)NCc1cc(OC)c(OC)cc1OC. The van der Waals surface area contributed by atoms with Gasteiger partial charge in [0, 0.05) is 18.2 Å². The molecular weight excluding hydrogens is 334 g/mol. The maximum absolute atomic E-state index is 11.9. The summed E-state index contributed by atoms with van der Waals surface area (Å²) >= 11 is 1.21. The summed E-state index contributed by atoms with van der Waals surface area (Å²) < 4.78 is 20.6. The molecule has 0 aliphatic heterocycles. The predicted octanol–water partition coefficient (Wildman–Crippen LogP) is 1.62. The van der Waals surface area contributed by atoms with Gasteiger partial charge in [-0.25, -0.2) is 0 Å². The first-order valence-corrected chi connectivity index (χ1v) is 8.50. The largest absolute Gasteiger partial charge is 0.496 e. The van der Waals surface area contributed by atoms with Gasteiger partial charge in [-0.15, -0.1) is 11.8 Å². The smallest absolute Gasteiger partial charge is 0.315 e. The highest BCUT2D eigenvalue weighted by molar-refractivity contribution is 8.00. The minimum absolute atomic E-state index is 0.154. The Bertz CT molecular complexity index is 564. The maximum Gasteiger partial charge on any atom is 0.315 e. The standard InChI is InChI=1S/C16H23NO6S/c1-5-23-16(19)10-24-9-15(18)17-8-11-6-13(21-3)14(22-4)7-12(11)20-2/h6-7H,5,8-10H2,1-4H3,(H,17,18). The molecule has 0 radical (unpaired) electrons. The van der Waals surface area contributed by atoms with Gasteiger partial charge in [-0.05, 0) is 13.0 Å². The van der Waals surface area contributed by atoms with E-state index in [0.717, 1.165) is 5.56 Å². The average molecular weight is 357 g/mol. The molecule has 134 valence electrons. The van der Waals surface area contributed by atoms with Crippen LogP contribution in [0.2, 0.25) is 0 Å². The summed E-state index contributed by atoms with van der Waals surface area (Å²) in [5.41, 5.74) is 0.763. The van der Waals surface area contributed by atoms with E-state index < -0.39 is 0 Å². The number of amides is 1. The van der Waals surface area contributed by atoms with Crippen molar-refractivity contribution in [2.75, 3.05) is 39.4 Å². The molecule has 1 aromatic rings. The molecule has 7 nitrogen and oxygen atoms in total. The van der Waals surface area contributed by atoms with Crippen LogP contribution in [-0.4, -0.2) is 51.3 Å². The van der Waals surface area contributed by atoms with Crippen LogP contribution in [0.15, 0.2) is 12.1 Å². The van der Waals surface area contributed by atoms with Crippen molar-refractivity contribution in [2.24, 2.45) is 0 Å². The van der Waals surface area contributed by atoms with Crippen LogP contribution in [0.5, 0.6) is 17.2 Å². The van der Waals surface area contributed by atoms with Gasteiger partial charge < -0.3 is 24.3 Å². The molecule has 0 unspecified atom stereocenters. The van der Waals surface area contributed by atoms with Crippen LogP contribution in [0.25, 0.3) is 0 Å². The Kier molecular flexibility index (Phi) is 8.85. The average Bonchev–Trinajstić information content (AvgIpc) is 2.59. The third-order valence-corrected chi connectivity index (χ3v) is 3.93. The molecule has 0 aliphatic carbocycles. The number of rotatable bonds is 10. The van der Waals surface area contributed by atoms with Gasteiger partial charge in [0.25, 0.3) is 0 Å². The number of thioether (sulfide) groups is 1. The van der Waals surface area contributed by atoms with Crippen LogP contribution in [-0.2, 0) is 20.9 Å². The summed E-state index contributed by atoms with van der Waals surface area (Å²) in [6, 6.07) is 3.46. The fourth-order valence-electron chi connectivity index (χ4n) is 1.91. The second-order valence-electron chi connectivity index (χ2n) is 4.59. The number of nitrogens with one attached hydrogen (secondary N) is 1. The lowest BCUT2D eigenvalue weighted by molar-refractivity contribution is -0.139. The van der Waals surface area contributed by atoms with Gasteiger partial charge >= 0.3 is 5.97 Å². The van der Waals surface area contributed by atoms with Crippen LogP contribution in [0.1, 0.15) is 12.5 Å². The van der Waals surface area contributed by atoms with Crippen LogP contribution in [0.4, 0.5) is 0 Å². The fraction of sp³-hybridized carbons (Fsp3) is 0.500. The number of carbonyl (C=O) groups excluding carboxylic acids is 2. The molecule has 0 heterocycles. The normalized spacial score (nSPS) is 10.0. The summed E-state index contributed by atoms with van der Waals surface area (Å²) in [7, 11) is 4.62. The lowest BCUT2D eigenvalue weighted by Gasteiger charge is -2.14. The zero-order valence-corrected chi connectivity index (χ0v) is 15.2. The van der Waals surface area contributed by atoms with E-state index >= 15 is 0 Å². The van der Waals surface area contributed by atoms with Crippen LogP contribution in [0.3, 0.4) is 0 Å². The molecule has 0 saturated heterocycles. The number of ether oxygens (including phenoxy) is 4. The molecular formula is C16H23NO6S. The van der Waals surface area contributed by atoms with Gasteiger partial charge in [0.2, 0.25) is 5.91 Å². The van der Waals surface area contributed by atoms with Gasteiger partial charge in [-0.1, -0.05) is 0 Å². The van der Waals surface area contributed by atoms with Crippen molar-refractivity contribution in [1.29, 1.82) is 0 Å². The molecule has 0 aliphatic rings. The van der Waals surface area contributed by atoms with Crippen molar-refractivity contribution in [3.05, 3.63) is 17.7 Å². The van der Waals surface area contributed by atoms with Crippen molar-refractivity contribution in [1.82, 2.24) is 5.32 Å². The summed E-state index contributed by atoms with van der Waals surface area (Å²) in [5.74, 6) is 1.52. The number of methoxy groups -OCH3 is 3. The highest BCUT2D eigenvalue weighted by Crippen LogP contribution is 2.34. The molecule has 1 amide bonds. The number of hydrogen-bond donors (Lipinski definition) is 1. The highest BCUT2D eigenvalue weighted by atomic mass is 32.2. The van der Waals surface area contributed by atoms with E-state index in [4.69, 9.17) is 18.9 Å². The Morgan fingerprint density at radius 3 is 2.21 bits per heavy atom. The van der Waals surface area contributed by atoms with E-state index in [2.05, 4.69) is 5.32 Å². The van der Waals surface area contributed by atoms with Crippen molar-refractivity contribution in [3.8, 4) is 17.2 Å². The zero-order chi connectivity index (χ0) is 17.9. The molecule has 24 heavy (non-hydrogen) atoms. The molecule has 8 heteroatoms. The quantitative estimate of drug-likeness (QED) is 0.637. The van der Waals surface area contributed by atoms with Gasteiger partial charge in [-0.3, -0.25) is 9.59 Å². The Balaban J connectivity index is 2.57. The van der Waals surface area contributed by atoms with Crippen molar-refractivity contribution < 1.29 is 28.5 Å². The second-order valence-corrected chi connectivity index (χ2v) is 5.58. The second kappa shape index (κ2) is 10.6. The summed E-state index contributed by atoms with van der Waals surface area (Å²) in [6.45, 7) is 2.36. The topological polar surface area (TPSA) is 83.1 Å². The minimum atomic E-state index is -0.322. The lowest BCUT2D eigenvalue weighted by atomic mass is 10.1. The lowest BCUT2D eigenvalue weighted by Crippen LogP contribution is -2.25. The summed E-state index contributed by atoms with van der Waals surface area (Å²) in [5, 5.41) is 2.78. The Morgan fingerprint density at radius 2 is 1.62 bits per heavy atom. The molecule has 0 atom stereocenters. The van der Waals surface area contributed by atoms with E-state index in [9.17, 15) is 9.59 Å². The Hall–Kier alpha value is -2.09. The van der Waals surface area contributed by atoms with Gasteiger partial charge in [0.1, 0.15) is 5.75 Å². The van der Waals surface area contributed by atoms with Crippen LogP contribution >= 0.6 is 11.8 Å². The van der Waals surface area contributed by atoms with Crippen molar-refractivity contribution >= 4 is 23.6 Å². The third-order valence-electron chi connectivity index (χ3n) is 3.02. The van der Waals surface area contributed by atoms with Gasteiger partial charge in [0.15, 0.2) is 11.5 Å². The van der Waals surface area contributed by atoms with Crippen LogP contribution < -0.4 is 19.5 Å². The Labute approximate surface area is 146 Å². The monoisotopic (exact) mass is 357 g/mol. The molecule has 0 fully saturated rings. The first kappa shape index (κ1) is 20.0. The first-order valence-electron chi connectivity index (χ1n) is 7.34. The molecule has 1 N–H and O–H groups in total. The third kappa shape index (κ3) is 6.19. The van der Waals surface area contributed by atoms with Crippen LogP contribution in [0, 0.1) is 0 Å². The van der Waals surface area contributed by atoms with E-state index in [0.29, 0.717) is 23.9 Å². The number of hydrogen-bond acceptors (Lipinski definition) is 7. The molecule has 1 aromatic carbocycles. The minimum Gasteiger partial charge on any atom is -0.496 e. The van der Waals surface area contributed by atoms with Gasteiger partial charge in [0.05, 0.1) is 39.4 Å². The molecule has 0 spiro atoms. The molecule has 1 rings (SSSR count). The summed E-state index contributed by atoms with van der Waals surface area (Å²) in [6.07, 6.45) is 0. The number of benzene rings is 1. The van der Waals surface area contributed by atoms with Crippen molar-refractivity contribution in [3.63, 3.8) is 0 Å². The van der Waals surface area contributed by atoms with Crippen molar-refractivity contribution in [2.45, 2.75) is 13.5 Å². The number of esters is 1. The Morgan fingerprint density at radius 1 is 1.00 bits per heavy atom. The molecule has 0 saturated carbocycles.